The molecular weight excluding hydrogens is 428 g/mol. The molecule has 0 aromatic heterocycles. The van der Waals surface area contributed by atoms with E-state index < -0.39 is 0 Å². The van der Waals surface area contributed by atoms with E-state index >= 15 is 0 Å². The lowest BCUT2D eigenvalue weighted by Crippen LogP contribution is -2.27. The SMILES string of the molecule is C=CC1C=CC=CC1C(OC)c1ccc(N(CC)CC)cc1CC1C=C(N(CC)CC)C=CC1C. The minimum atomic E-state index is -0.0133. The van der Waals surface area contributed by atoms with E-state index in [-0.39, 0.29) is 17.9 Å². The summed E-state index contributed by atoms with van der Waals surface area (Å²) >= 11 is 0. The van der Waals surface area contributed by atoms with E-state index in [1.807, 2.05) is 13.2 Å². The summed E-state index contributed by atoms with van der Waals surface area (Å²) in [5.41, 5.74) is 5.36. The molecule has 5 unspecified atom stereocenters. The number of rotatable bonds is 12. The van der Waals surface area contributed by atoms with Gasteiger partial charge in [-0.1, -0.05) is 55.5 Å². The van der Waals surface area contributed by atoms with Gasteiger partial charge >= 0.3 is 0 Å². The van der Waals surface area contributed by atoms with Crippen LogP contribution in [0, 0.1) is 23.7 Å². The number of likely N-dealkylation sites (N-methyl/N-ethyl adjacent to an activating group) is 1. The van der Waals surface area contributed by atoms with Crippen molar-refractivity contribution in [2.24, 2.45) is 23.7 Å². The van der Waals surface area contributed by atoms with Gasteiger partial charge in [-0.05, 0) is 75.3 Å². The summed E-state index contributed by atoms with van der Waals surface area (Å²) in [5, 5.41) is 0. The van der Waals surface area contributed by atoms with Crippen molar-refractivity contribution in [3.63, 3.8) is 0 Å². The summed E-state index contributed by atoms with van der Waals surface area (Å²) in [6.07, 6.45) is 19.0. The average Bonchev–Trinajstić information content (AvgIpc) is 2.89. The highest BCUT2D eigenvalue weighted by Crippen LogP contribution is 2.39. The van der Waals surface area contributed by atoms with E-state index in [0.717, 1.165) is 32.6 Å². The first-order chi connectivity index (χ1) is 17.0. The molecule has 1 aromatic rings. The summed E-state index contributed by atoms with van der Waals surface area (Å²) < 4.78 is 6.23. The molecule has 35 heavy (non-hydrogen) atoms. The molecule has 2 aliphatic carbocycles. The topological polar surface area (TPSA) is 15.7 Å². The van der Waals surface area contributed by atoms with E-state index in [2.05, 4.69) is 112 Å². The van der Waals surface area contributed by atoms with Crippen molar-refractivity contribution in [2.75, 3.05) is 38.2 Å². The molecule has 5 atom stereocenters. The molecule has 0 amide bonds. The molecule has 0 radical (unpaired) electrons. The van der Waals surface area contributed by atoms with E-state index in [9.17, 15) is 0 Å². The summed E-state index contributed by atoms with van der Waals surface area (Å²) in [6, 6.07) is 7.03. The lowest BCUT2D eigenvalue weighted by Gasteiger charge is -2.33. The molecule has 2 aliphatic rings. The Kier molecular flexibility index (Phi) is 10.0. The normalized spacial score (nSPS) is 24.2. The van der Waals surface area contributed by atoms with Crippen LogP contribution in [0.2, 0.25) is 0 Å². The second-order valence-corrected chi connectivity index (χ2v) is 9.72. The molecule has 0 aliphatic heterocycles. The largest absolute Gasteiger partial charge is 0.376 e. The molecular formula is C32H46N2O. The standard InChI is InChI=1S/C32H46N2O/c1-8-25-15-13-14-16-30(25)32(35-7)31-20-19-29(34(11-4)12-5)23-27(31)21-26-22-28(18-17-24(26)6)33(9-2)10-3/h8,13-20,22-26,30,32H,1,9-12,21H2,2-7H3. The van der Waals surface area contributed by atoms with Crippen molar-refractivity contribution in [1.29, 1.82) is 0 Å². The van der Waals surface area contributed by atoms with Gasteiger partial charge in [-0.3, -0.25) is 0 Å². The van der Waals surface area contributed by atoms with Gasteiger partial charge in [-0.15, -0.1) is 6.58 Å². The molecule has 190 valence electrons. The number of hydrogen-bond acceptors (Lipinski definition) is 3. The first-order valence-corrected chi connectivity index (χ1v) is 13.5. The third-order valence-electron chi connectivity index (χ3n) is 7.87. The van der Waals surface area contributed by atoms with Crippen LogP contribution in [-0.2, 0) is 11.2 Å². The number of allylic oxidation sites excluding steroid dienone is 7. The first kappa shape index (κ1) is 27.1. The quantitative estimate of drug-likeness (QED) is 0.294. The Labute approximate surface area is 214 Å². The fourth-order valence-electron chi connectivity index (χ4n) is 5.62. The summed E-state index contributed by atoms with van der Waals surface area (Å²) in [4.78, 5) is 4.89. The monoisotopic (exact) mass is 474 g/mol. The van der Waals surface area contributed by atoms with Gasteiger partial charge in [0.25, 0.3) is 0 Å². The van der Waals surface area contributed by atoms with Crippen LogP contribution < -0.4 is 4.90 Å². The maximum Gasteiger partial charge on any atom is 0.0895 e. The Morgan fingerprint density at radius 2 is 1.66 bits per heavy atom. The number of ether oxygens (including phenoxy) is 1. The van der Waals surface area contributed by atoms with E-state index in [4.69, 9.17) is 4.74 Å². The van der Waals surface area contributed by atoms with Gasteiger partial charge < -0.3 is 14.5 Å². The Bertz CT molecular complexity index is 948. The zero-order chi connectivity index (χ0) is 25.4. The highest BCUT2D eigenvalue weighted by atomic mass is 16.5. The average molecular weight is 475 g/mol. The van der Waals surface area contributed by atoms with Crippen molar-refractivity contribution in [1.82, 2.24) is 4.90 Å². The van der Waals surface area contributed by atoms with Crippen molar-refractivity contribution >= 4 is 5.69 Å². The van der Waals surface area contributed by atoms with Gasteiger partial charge in [0.15, 0.2) is 0 Å². The predicted octanol–water partition coefficient (Wildman–Crippen LogP) is 7.36. The van der Waals surface area contributed by atoms with Crippen molar-refractivity contribution in [3.05, 3.63) is 90.2 Å². The molecule has 0 bridgehead atoms. The number of nitrogens with zero attached hydrogens (tertiary/aromatic N) is 2. The van der Waals surface area contributed by atoms with Crippen LogP contribution in [0.15, 0.2) is 79.1 Å². The van der Waals surface area contributed by atoms with Crippen molar-refractivity contribution in [3.8, 4) is 0 Å². The van der Waals surface area contributed by atoms with Gasteiger partial charge in [-0.2, -0.15) is 0 Å². The highest BCUT2D eigenvalue weighted by Gasteiger charge is 2.30. The molecule has 0 heterocycles. The molecule has 3 nitrogen and oxygen atoms in total. The minimum absolute atomic E-state index is 0.0133. The Hall–Kier alpha value is -2.52. The van der Waals surface area contributed by atoms with Crippen LogP contribution in [0.3, 0.4) is 0 Å². The predicted molar refractivity (Wildman–Crippen MR) is 152 cm³/mol. The molecule has 3 heteroatoms. The third-order valence-corrected chi connectivity index (χ3v) is 7.87. The smallest absolute Gasteiger partial charge is 0.0895 e. The van der Waals surface area contributed by atoms with Crippen LogP contribution >= 0.6 is 0 Å². The molecule has 0 fully saturated rings. The fourth-order valence-corrected chi connectivity index (χ4v) is 5.62. The Morgan fingerprint density at radius 1 is 0.971 bits per heavy atom. The fraction of sp³-hybridized carbons (Fsp3) is 0.500. The summed E-state index contributed by atoms with van der Waals surface area (Å²) in [5.74, 6) is 1.46. The summed E-state index contributed by atoms with van der Waals surface area (Å²) in [6.45, 7) is 19.5. The maximum absolute atomic E-state index is 6.23. The zero-order valence-corrected chi connectivity index (χ0v) is 22.8. The lowest BCUT2D eigenvalue weighted by molar-refractivity contribution is 0.0584. The molecule has 3 rings (SSSR count). The van der Waals surface area contributed by atoms with E-state index in [1.165, 1.54) is 22.5 Å². The number of methoxy groups -OCH3 is 1. The molecule has 0 saturated heterocycles. The van der Waals surface area contributed by atoms with Crippen LogP contribution in [0.4, 0.5) is 5.69 Å². The van der Waals surface area contributed by atoms with E-state index in [1.54, 1.807) is 0 Å². The molecule has 1 aromatic carbocycles. The van der Waals surface area contributed by atoms with Gasteiger partial charge in [-0.25, -0.2) is 0 Å². The minimum Gasteiger partial charge on any atom is -0.376 e. The van der Waals surface area contributed by atoms with Crippen molar-refractivity contribution in [2.45, 2.75) is 47.1 Å². The molecule has 0 spiro atoms. The van der Waals surface area contributed by atoms with Gasteiger partial charge in [0.05, 0.1) is 6.10 Å². The summed E-state index contributed by atoms with van der Waals surface area (Å²) in [7, 11) is 1.85. The first-order valence-electron chi connectivity index (χ1n) is 13.5. The Balaban J connectivity index is 2.04. The molecule has 0 saturated carbocycles. The zero-order valence-electron chi connectivity index (χ0n) is 22.8. The number of anilines is 1. The number of hydrogen-bond donors (Lipinski definition) is 0. The van der Waals surface area contributed by atoms with Crippen LogP contribution in [0.25, 0.3) is 0 Å². The maximum atomic E-state index is 6.23. The van der Waals surface area contributed by atoms with Crippen LogP contribution in [-0.4, -0.2) is 38.2 Å². The third kappa shape index (κ3) is 6.19. The number of benzene rings is 1. The van der Waals surface area contributed by atoms with E-state index in [0.29, 0.717) is 11.8 Å². The second kappa shape index (κ2) is 13.0. The van der Waals surface area contributed by atoms with Gasteiger partial charge in [0.1, 0.15) is 0 Å². The van der Waals surface area contributed by atoms with Gasteiger partial charge in [0, 0.05) is 56.5 Å². The lowest BCUT2D eigenvalue weighted by atomic mass is 9.77. The van der Waals surface area contributed by atoms with Crippen LogP contribution in [0.1, 0.15) is 51.8 Å². The van der Waals surface area contributed by atoms with Crippen LogP contribution in [0.5, 0.6) is 0 Å². The second-order valence-electron chi connectivity index (χ2n) is 9.72. The molecule has 0 N–H and O–H groups in total. The highest BCUT2D eigenvalue weighted by molar-refractivity contribution is 5.52. The van der Waals surface area contributed by atoms with Gasteiger partial charge in [0.2, 0.25) is 0 Å². The Morgan fingerprint density at radius 3 is 2.29 bits per heavy atom. The van der Waals surface area contributed by atoms with Crippen molar-refractivity contribution < 1.29 is 4.74 Å².